The van der Waals surface area contributed by atoms with Crippen LogP contribution in [0.2, 0.25) is 0 Å². The van der Waals surface area contributed by atoms with Crippen LogP contribution in [0.15, 0.2) is 0 Å². The zero-order chi connectivity index (χ0) is 13.3. The average Bonchev–Trinajstić information content (AvgIpc) is 2.91. The first-order valence-corrected chi connectivity index (χ1v) is 6.67. The van der Waals surface area contributed by atoms with Crippen molar-refractivity contribution in [2.45, 2.75) is 26.1 Å². The van der Waals surface area contributed by atoms with Crippen LogP contribution in [0.1, 0.15) is 22.3 Å². The summed E-state index contributed by atoms with van der Waals surface area (Å²) in [4.78, 5) is 18.8. The van der Waals surface area contributed by atoms with E-state index >= 15 is 0 Å². The molecule has 18 heavy (non-hydrogen) atoms. The Labute approximate surface area is 111 Å². The van der Waals surface area contributed by atoms with Gasteiger partial charge in [0.2, 0.25) is 0 Å². The molecule has 1 aromatic rings. The summed E-state index contributed by atoms with van der Waals surface area (Å²) in [6, 6.07) is 0. The molecule has 100 valence electrons. The highest BCUT2D eigenvalue weighted by molar-refractivity contribution is 7.17. The first-order valence-electron chi connectivity index (χ1n) is 5.85. The molecule has 1 saturated heterocycles. The maximum Gasteiger partial charge on any atom is 0.186 e. The molecule has 0 bridgehead atoms. The van der Waals surface area contributed by atoms with Gasteiger partial charge in [0.15, 0.2) is 10.9 Å². The SMILES string of the molecule is COC1CN(c2nc(C)c(C(C)=O)s2)CC1OC. The lowest BCUT2D eigenvalue weighted by molar-refractivity contribution is -0.00461. The molecule has 6 heteroatoms. The molecule has 0 spiro atoms. The van der Waals surface area contributed by atoms with Crippen LogP contribution in [-0.2, 0) is 9.47 Å². The number of hydrogen-bond acceptors (Lipinski definition) is 6. The lowest BCUT2D eigenvalue weighted by Crippen LogP contribution is -2.27. The smallest absolute Gasteiger partial charge is 0.186 e. The highest BCUT2D eigenvalue weighted by Crippen LogP contribution is 2.30. The minimum atomic E-state index is 0.0555. The van der Waals surface area contributed by atoms with Crippen LogP contribution >= 0.6 is 11.3 Å². The van der Waals surface area contributed by atoms with E-state index in [0.29, 0.717) is 0 Å². The molecule has 0 aromatic carbocycles. The molecule has 0 radical (unpaired) electrons. The van der Waals surface area contributed by atoms with E-state index in [2.05, 4.69) is 9.88 Å². The van der Waals surface area contributed by atoms with Gasteiger partial charge in [0.05, 0.1) is 10.6 Å². The van der Waals surface area contributed by atoms with Crippen LogP contribution < -0.4 is 4.90 Å². The van der Waals surface area contributed by atoms with E-state index in [9.17, 15) is 4.79 Å². The van der Waals surface area contributed by atoms with Crippen LogP contribution in [0.4, 0.5) is 5.13 Å². The van der Waals surface area contributed by atoms with Gasteiger partial charge < -0.3 is 14.4 Å². The number of ether oxygens (including phenoxy) is 2. The number of Topliss-reactive ketones (excluding diaryl/α,β-unsaturated/α-hetero) is 1. The fraction of sp³-hybridized carbons (Fsp3) is 0.667. The Balaban J connectivity index is 2.18. The molecule has 0 amide bonds. The normalized spacial score (nSPS) is 23.7. The molecule has 0 saturated carbocycles. The average molecular weight is 270 g/mol. The van der Waals surface area contributed by atoms with E-state index in [4.69, 9.17) is 9.47 Å². The van der Waals surface area contributed by atoms with Crippen LogP contribution in [-0.4, -0.2) is 50.3 Å². The highest BCUT2D eigenvalue weighted by Gasteiger charge is 2.34. The van der Waals surface area contributed by atoms with Crippen molar-refractivity contribution in [1.82, 2.24) is 4.98 Å². The molecule has 2 rings (SSSR count). The molecular weight excluding hydrogens is 252 g/mol. The van der Waals surface area contributed by atoms with Gasteiger partial charge in [0, 0.05) is 34.2 Å². The number of methoxy groups -OCH3 is 2. The maximum absolute atomic E-state index is 11.4. The molecule has 0 aliphatic carbocycles. The Morgan fingerprint density at radius 3 is 2.28 bits per heavy atom. The number of carbonyl (C=O) groups excluding carboxylic acids is 1. The first kappa shape index (κ1) is 13.5. The molecule has 5 nitrogen and oxygen atoms in total. The van der Waals surface area contributed by atoms with Crippen molar-refractivity contribution >= 4 is 22.3 Å². The number of thiazole rings is 1. The van der Waals surface area contributed by atoms with Crippen molar-refractivity contribution < 1.29 is 14.3 Å². The molecule has 0 N–H and O–H groups in total. The lowest BCUT2D eigenvalue weighted by Gasteiger charge is -2.13. The van der Waals surface area contributed by atoms with Crippen LogP contribution in [0, 0.1) is 6.92 Å². The molecule has 1 aromatic heterocycles. The third-order valence-corrected chi connectivity index (χ3v) is 4.52. The van der Waals surface area contributed by atoms with Gasteiger partial charge >= 0.3 is 0 Å². The van der Waals surface area contributed by atoms with E-state index < -0.39 is 0 Å². The Kier molecular flexibility index (Phi) is 3.99. The van der Waals surface area contributed by atoms with Crippen LogP contribution in [0.25, 0.3) is 0 Å². The Morgan fingerprint density at radius 1 is 1.33 bits per heavy atom. The van der Waals surface area contributed by atoms with Crippen molar-refractivity contribution in [3.63, 3.8) is 0 Å². The van der Waals surface area contributed by atoms with E-state index in [0.717, 1.165) is 28.8 Å². The first-order chi connectivity index (χ1) is 8.56. The number of carbonyl (C=O) groups is 1. The second-order valence-electron chi connectivity index (χ2n) is 4.42. The van der Waals surface area contributed by atoms with Gasteiger partial charge in [-0.3, -0.25) is 4.79 Å². The van der Waals surface area contributed by atoms with Gasteiger partial charge in [-0.2, -0.15) is 0 Å². The molecule has 1 fully saturated rings. The Morgan fingerprint density at radius 2 is 1.89 bits per heavy atom. The van der Waals surface area contributed by atoms with E-state index in [-0.39, 0.29) is 18.0 Å². The van der Waals surface area contributed by atoms with Gasteiger partial charge in [0.25, 0.3) is 0 Å². The zero-order valence-corrected chi connectivity index (χ0v) is 11.9. The summed E-state index contributed by atoms with van der Waals surface area (Å²) in [5.74, 6) is 0.0713. The third kappa shape index (κ3) is 2.41. The van der Waals surface area contributed by atoms with Gasteiger partial charge in [-0.15, -0.1) is 0 Å². The second-order valence-corrected chi connectivity index (χ2v) is 5.40. The minimum Gasteiger partial charge on any atom is -0.377 e. The molecule has 2 heterocycles. The topological polar surface area (TPSA) is 51.7 Å². The van der Waals surface area contributed by atoms with E-state index in [1.807, 2.05) is 6.92 Å². The largest absolute Gasteiger partial charge is 0.377 e. The summed E-state index contributed by atoms with van der Waals surface area (Å²) in [7, 11) is 3.38. The van der Waals surface area contributed by atoms with Crippen molar-refractivity contribution in [3.8, 4) is 0 Å². The summed E-state index contributed by atoms with van der Waals surface area (Å²) in [5.41, 5.74) is 0.803. The van der Waals surface area contributed by atoms with Crippen molar-refractivity contribution in [3.05, 3.63) is 10.6 Å². The summed E-state index contributed by atoms with van der Waals surface area (Å²) in [6.45, 7) is 4.94. The Hall–Kier alpha value is -0.980. The molecule has 1 aliphatic heterocycles. The van der Waals surface area contributed by atoms with E-state index in [1.165, 1.54) is 11.3 Å². The quantitative estimate of drug-likeness (QED) is 0.776. The second kappa shape index (κ2) is 5.34. The van der Waals surface area contributed by atoms with Crippen molar-refractivity contribution in [1.29, 1.82) is 0 Å². The van der Waals surface area contributed by atoms with Crippen molar-refractivity contribution in [2.75, 3.05) is 32.2 Å². The Bertz CT molecular complexity index is 435. The molecule has 2 unspecified atom stereocenters. The minimum absolute atomic E-state index is 0.0555. The zero-order valence-electron chi connectivity index (χ0n) is 11.1. The number of hydrogen-bond donors (Lipinski definition) is 0. The van der Waals surface area contributed by atoms with Gasteiger partial charge in [-0.1, -0.05) is 11.3 Å². The molecule has 1 aliphatic rings. The highest BCUT2D eigenvalue weighted by atomic mass is 32.1. The molecular formula is C12H18N2O3S. The predicted octanol–water partition coefficient (Wildman–Crippen LogP) is 1.50. The van der Waals surface area contributed by atoms with Gasteiger partial charge in [0.1, 0.15) is 12.2 Å². The number of aromatic nitrogens is 1. The fourth-order valence-electron chi connectivity index (χ4n) is 2.20. The standard InChI is InChI=1S/C12H18N2O3S/c1-7-11(8(2)15)18-12(13-7)14-5-9(16-3)10(6-14)17-4/h9-10H,5-6H2,1-4H3. The predicted molar refractivity (Wildman–Crippen MR) is 70.7 cm³/mol. The number of anilines is 1. The van der Waals surface area contributed by atoms with E-state index in [1.54, 1.807) is 21.1 Å². The fourth-order valence-corrected chi connectivity index (χ4v) is 3.18. The number of aryl methyl sites for hydroxylation is 1. The molecule has 2 atom stereocenters. The summed E-state index contributed by atoms with van der Waals surface area (Å²) < 4.78 is 10.8. The van der Waals surface area contributed by atoms with Gasteiger partial charge in [-0.25, -0.2) is 4.98 Å². The number of nitrogens with zero attached hydrogens (tertiary/aromatic N) is 2. The van der Waals surface area contributed by atoms with Crippen LogP contribution in [0.3, 0.4) is 0 Å². The maximum atomic E-state index is 11.4. The number of rotatable bonds is 4. The monoisotopic (exact) mass is 270 g/mol. The number of ketones is 1. The third-order valence-electron chi connectivity index (χ3n) is 3.20. The van der Waals surface area contributed by atoms with Crippen molar-refractivity contribution in [2.24, 2.45) is 0 Å². The van der Waals surface area contributed by atoms with Crippen LogP contribution in [0.5, 0.6) is 0 Å². The summed E-state index contributed by atoms with van der Waals surface area (Å²) in [6.07, 6.45) is 0.111. The van der Waals surface area contributed by atoms with Gasteiger partial charge in [-0.05, 0) is 6.92 Å². The summed E-state index contributed by atoms with van der Waals surface area (Å²) in [5, 5.41) is 0.874. The summed E-state index contributed by atoms with van der Waals surface area (Å²) >= 11 is 1.44. The lowest BCUT2D eigenvalue weighted by atomic mass is 10.3.